The molecule has 0 aromatic heterocycles. The number of nitrogens with zero attached hydrogens (tertiary/aromatic N) is 1. The third-order valence-electron chi connectivity index (χ3n) is 4.26. The Morgan fingerprint density at radius 2 is 2.06 bits per heavy atom. The van der Waals surface area contributed by atoms with Gasteiger partial charge in [0.1, 0.15) is 0 Å². The lowest BCUT2D eigenvalue weighted by atomic mass is 10.0. The van der Waals surface area contributed by atoms with Crippen LogP contribution in [0.2, 0.25) is 0 Å². The summed E-state index contributed by atoms with van der Waals surface area (Å²) in [7, 11) is 0. The largest absolute Gasteiger partial charge is 0.378 e. The molecule has 18 heavy (non-hydrogen) atoms. The minimum Gasteiger partial charge on any atom is -0.378 e. The van der Waals surface area contributed by atoms with E-state index >= 15 is 0 Å². The van der Waals surface area contributed by atoms with Gasteiger partial charge in [-0.2, -0.15) is 0 Å². The highest BCUT2D eigenvalue weighted by molar-refractivity contribution is 4.76. The van der Waals surface area contributed by atoms with Crippen LogP contribution >= 0.6 is 0 Å². The summed E-state index contributed by atoms with van der Waals surface area (Å²) in [5, 5.41) is 3.73. The van der Waals surface area contributed by atoms with Crippen molar-refractivity contribution in [3.63, 3.8) is 0 Å². The van der Waals surface area contributed by atoms with Crippen LogP contribution in [0.3, 0.4) is 0 Å². The predicted molar refractivity (Wildman–Crippen MR) is 75.9 cm³/mol. The van der Waals surface area contributed by atoms with E-state index in [1.807, 2.05) is 0 Å². The summed E-state index contributed by atoms with van der Waals surface area (Å²) in [4.78, 5) is 2.64. The van der Waals surface area contributed by atoms with E-state index in [0.717, 1.165) is 19.1 Å². The van der Waals surface area contributed by atoms with Gasteiger partial charge in [-0.1, -0.05) is 13.3 Å². The van der Waals surface area contributed by atoms with Crippen LogP contribution in [0.1, 0.15) is 46.0 Å². The average molecular weight is 254 g/mol. The molecule has 2 fully saturated rings. The van der Waals surface area contributed by atoms with Crippen molar-refractivity contribution in [3.8, 4) is 0 Å². The van der Waals surface area contributed by atoms with Gasteiger partial charge in [-0.25, -0.2) is 0 Å². The summed E-state index contributed by atoms with van der Waals surface area (Å²) < 4.78 is 5.59. The first-order valence-corrected chi connectivity index (χ1v) is 7.81. The number of hydrogen-bond donors (Lipinski definition) is 1. The molecule has 2 saturated heterocycles. The van der Waals surface area contributed by atoms with E-state index in [2.05, 4.69) is 24.1 Å². The molecule has 0 spiro atoms. The molecule has 3 atom stereocenters. The lowest BCUT2D eigenvalue weighted by molar-refractivity contribution is 0.0125. The molecule has 0 aliphatic carbocycles. The van der Waals surface area contributed by atoms with Crippen molar-refractivity contribution in [2.45, 2.75) is 58.1 Å². The summed E-state index contributed by atoms with van der Waals surface area (Å²) in [6.07, 6.45) is 7.03. The minimum absolute atomic E-state index is 0.439. The Labute approximate surface area is 112 Å². The van der Waals surface area contributed by atoms with Gasteiger partial charge in [0.2, 0.25) is 0 Å². The van der Waals surface area contributed by atoms with Crippen LogP contribution in [0.5, 0.6) is 0 Å². The molecule has 3 unspecified atom stereocenters. The van der Waals surface area contributed by atoms with Crippen molar-refractivity contribution in [2.75, 3.05) is 32.8 Å². The van der Waals surface area contributed by atoms with Gasteiger partial charge >= 0.3 is 0 Å². The van der Waals surface area contributed by atoms with Crippen LogP contribution in [-0.4, -0.2) is 49.8 Å². The van der Waals surface area contributed by atoms with Gasteiger partial charge in [0.25, 0.3) is 0 Å². The molecule has 106 valence electrons. The highest BCUT2D eigenvalue weighted by Gasteiger charge is 2.20. The lowest BCUT2D eigenvalue weighted by Crippen LogP contribution is -2.42. The van der Waals surface area contributed by atoms with Crippen LogP contribution in [0, 0.1) is 5.92 Å². The number of piperidine rings is 1. The molecule has 0 amide bonds. The number of ether oxygens (including phenoxy) is 1. The van der Waals surface area contributed by atoms with Crippen molar-refractivity contribution >= 4 is 0 Å². The summed E-state index contributed by atoms with van der Waals surface area (Å²) in [5.41, 5.74) is 0. The van der Waals surface area contributed by atoms with Crippen molar-refractivity contribution in [1.29, 1.82) is 0 Å². The number of rotatable bonds is 5. The van der Waals surface area contributed by atoms with E-state index in [-0.39, 0.29) is 0 Å². The number of hydrogen-bond acceptors (Lipinski definition) is 3. The maximum Gasteiger partial charge on any atom is 0.0561 e. The number of likely N-dealkylation sites (tertiary alicyclic amines) is 1. The molecule has 0 radical (unpaired) electrons. The quantitative estimate of drug-likeness (QED) is 0.814. The fourth-order valence-electron chi connectivity index (χ4n) is 3.20. The lowest BCUT2D eigenvalue weighted by Gasteiger charge is -2.31. The fraction of sp³-hybridized carbons (Fsp3) is 1.00. The Balaban J connectivity index is 1.60. The molecule has 2 aliphatic heterocycles. The zero-order valence-electron chi connectivity index (χ0n) is 12.2. The summed E-state index contributed by atoms with van der Waals surface area (Å²) in [6, 6.07) is 0.678. The van der Waals surface area contributed by atoms with Crippen LogP contribution in [0.15, 0.2) is 0 Å². The van der Waals surface area contributed by atoms with E-state index in [1.54, 1.807) is 0 Å². The van der Waals surface area contributed by atoms with Crippen LogP contribution in [-0.2, 0) is 4.74 Å². The van der Waals surface area contributed by atoms with Crippen molar-refractivity contribution < 1.29 is 4.74 Å². The van der Waals surface area contributed by atoms with Crippen LogP contribution < -0.4 is 5.32 Å². The first-order chi connectivity index (χ1) is 8.74. The maximum absolute atomic E-state index is 5.59. The standard InChI is InChI=1S/C15H30N2O/c1-13(12-17-7-4-3-5-8-17)11-16-15-6-9-18-14(2)10-15/h13-16H,3-12H2,1-2H3. The molecular formula is C15H30N2O. The van der Waals surface area contributed by atoms with Gasteiger partial charge in [0.05, 0.1) is 6.10 Å². The highest BCUT2D eigenvalue weighted by Crippen LogP contribution is 2.14. The molecule has 0 aromatic rings. The highest BCUT2D eigenvalue weighted by atomic mass is 16.5. The fourth-order valence-corrected chi connectivity index (χ4v) is 3.20. The van der Waals surface area contributed by atoms with Gasteiger partial charge in [-0.3, -0.25) is 0 Å². The van der Waals surface area contributed by atoms with Gasteiger partial charge in [0.15, 0.2) is 0 Å². The molecule has 1 N–H and O–H groups in total. The van der Waals surface area contributed by atoms with Crippen molar-refractivity contribution in [3.05, 3.63) is 0 Å². The Kier molecular flexibility index (Phi) is 5.93. The normalized spacial score (nSPS) is 32.3. The van der Waals surface area contributed by atoms with E-state index in [0.29, 0.717) is 12.1 Å². The van der Waals surface area contributed by atoms with Gasteiger partial charge in [0, 0.05) is 19.2 Å². The Morgan fingerprint density at radius 1 is 1.28 bits per heavy atom. The van der Waals surface area contributed by atoms with E-state index in [1.165, 1.54) is 51.7 Å². The Hall–Kier alpha value is -0.120. The van der Waals surface area contributed by atoms with E-state index < -0.39 is 0 Å². The van der Waals surface area contributed by atoms with E-state index in [4.69, 9.17) is 4.74 Å². The van der Waals surface area contributed by atoms with Gasteiger partial charge in [-0.15, -0.1) is 0 Å². The molecule has 2 aliphatic rings. The van der Waals surface area contributed by atoms with Crippen molar-refractivity contribution in [2.24, 2.45) is 5.92 Å². The summed E-state index contributed by atoms with van der Waals surface area (Å²) >= 11 is 0. The monoisotopic (exact) mass is 254 g/mol. The SMILES string of the molecule is CC(CNC1CCOC(C)C1)CN1CCCCC1. The maximum atomic E-state index is 5.59. The number of nitrogens with one attached hydrogen (secondary N) is 1. The van der Waals surface area contributed by atoms with Crippen molar-refractivity contribution in [1.82, 2.24) is 10.2 Å². The van der Waals surface area contributed by atoms with Gasteiger partial charge < -0.3 is 15.0 Å². The molecule has 0 saturated carbocycles. The molecule has 0 aromatic carbocycles. The zero-order valence-corrected chi connectivity index (χ0v) is 12.2. The minimum atomic E-state index is 0.439. The molecule has 0 bridgehead atoms. The van der Waals surface area contributed by atoms with E-state index in [9.17, 15) is 0 Å². The second-order valence-corrected chi connectivity index (χ2v) is 6.28. The topological polar surface area (TPSA) is 24.5 Å². The summed E-state index contributed by atoms with van der Waals surface area (Å²) in [5.74, 6) is 0.765. The van der Waals surface area contributed by atoms with Crippen LogP contribution in [0.4, 0.5) is 0 Å². The smallest absolute Gasteiger partial charge is 0.0561 e. The van der Waals surface area contributed by atoms with Crippen LogP contribution in [0.25, 0.3) is 0 Å². The first-order valence-electron chi connectivity index (χ1n) is 7.81. The molecule has 2 rings (SSSR count). The molecular weight excluding hydrogens is 224 g/mol. The third kappa shape index (κ3) is 4.87. The second kappa shape index (κ2) is 7.46. The zero-order chi connectivity index (χ0) is 12.8. The third-order valence-corrected chi connectivity index (χ3v) is 4.26. The second-order valence-electron chi connectivity index (χ2n) is 6.28. The molecule has 3 nitrogen and oxygen atoms in total. The van der Waals surface area contributed by atoms with Gasteiger partial charge in [-0.05, 0) is 58.2 Å². The first kappa shape index (κ1) is 14.3. The predicted octanol–water partition coefficient (Wildman–Crippen LogP) is 2.27. The molecule has 2 heterocycles. The Morgan fingerprint density at radius 3 is 2.78 bits per heavy atom. The average Bonchev–Trinajstić information content (AvgIpc) is 2.38. The Bertz CT molecular complexity index is 229. The summed E-state index contributed by atoms with van der Waals surface area (Å²) in [6.45, 7) is 10.6. The molecule has 3 heteroatoms.